The Bertz CT molecular complexity index is 880. The molecule has 4 rings (SSSR count). The van der Waals surface area contributed by atoms with Gasteiger partial charge in [-0.05, 0) is 63.5 Å². The van der Waals surface area contributed by atoms with Crippen LogP contribution in [0.4, 0.5) is 4.79 Å². The van der Waals surface area contributed by atoms with Crippen LogP contribution in [0.15, 0.2) is 18.3 Å². The standard InChI is InChI=1S/C24H36N4O3/c1-4-17-6-11-22-21(23(17)31-5-2)16-25-28(22)19-12-14-27(15-13-19)24(29)26-18-7-9-20(30-3)10-8-18/h6,11,16,18-20H,4-5,7-10,12-15H2,1-3H3,(H,26,29)/t18-,20-. The largest absolute Gasteiger partial charge is 0.493 e. The lowest BCUT2D eigenvalue weighted by atomic mass is 9.93. The highest BCUT2D eigenvalue weighted by Gasteiger charge is 2.28. The van der Waals surface area contributed by atoms with E-state index < -0.39 is 0 Å². The minimum absolute atomic E-state index is 0.0795. The highest BCUT2D eigenvalue weighted by Crippen LogP contribution is 2.34. The number of piperidine rings is 1. The summed E-state index contributed by atoms with van der Waals surface area (Å²) in [6.07, 6.45) is 9.12. The van der Waals surface area contributed by atoms with E-state index in [1.165, 1.54) is 5.56 Å². The molecule has 1 aliphatic carbocycles. The molecule has 1 aromatic heterocycles. The van der Waals surface area contributed by atoms with E-state index in [2.05, 4.69) is 29.1 Å². The van der Waals surface area contributed by atoms with E-state index in [1.54, 1.807) is 7.11 Å². The van der Waals surface area contributed by atoms with Crippen LogP contribution in [0.25, 0.3) is 10.9 Å². The highest BCUT2D eigenvalue weighted by atomic mass is 16.5. The number of amides is 2. The van der Waals surface area contributed by atoms with Gasteiger partial charge < -0.3 is 19.7 Å². The number of nitrogens with one attached hydrogen (secondary N) is 1. The Morgan fingerprint density at radius 3 is 2.52 bits per heavy atom. The van der Waals surface area contributed by atoms with Gasteiger partial charge in [-0.3, -0.25) is 4.68 Å². The zero-order chi connectivity index (χ0) is 21.8. The summed E-state index contributed by atoms with van der Waals surface area (Å²) in [5.74, 6) is 0.966. The van der Waals surface area contributed by atoms with Crippen molar-refractivity contribution in [3.63, 3.8) is 0 Å². The molecule has 7 nitrogen and oxygen atoms in total. The number of hydrogen-bond donors (Lipinski definition) is 1. The first kappa shape index (κ1) is 21.9. The summed E-state index contributed by atoms with van der Waals surface area (Å²) in [6.45, 7) is 6.34. The quantitative estimate of drug-likeness (QED) is 0.745. The molecule has 2 amide bonds. The van der Waals surface area contributed by atoms with Crippen LogP contribution < -0.4 is 10.1 Å². The molecule has 0 atom stereocenters. The average molecular weight is 429 g/mol. The van der Waals surface area contributed by atoms with E-state index in [0.717, 1.165) is 74.7 Å². The fourth-order valence-electron chi connectivity index (χ4n) is 5.05. The van der Waals surface area contributed by atoms with Crippen LogP contribution in [0.3, 0.4) is 0 Å². The normalized spacial score (nSPS) is 22.6. The Labute approximate surface area is 185 Å². The third kappa shape index (κ3) is 4.66. The van der Waals surface area contributed by atoms with E-state index in [9.17, 15) is 4.79 Å². The molecule has 1 aromatic carbocycles. The number of methoxy groups -OCH3 is 1. The summed E-state index contributed by atoms with van der Waals surface area (Å²) in [6, 6.07) is 4.99. The third-order valence-electron chi connectivity index (χ3n) is 6.91. The average Bonchev–Trinajstić information content (AvgIpc) is 3.24. The summed E-state index contributed by atoms with van der Waals surface area (Å²) < 4.78 is 13.5. The predicted molar refractivity (Wildman–Crippen MR) is 122 cm³/mol. The Morgan fingerprint density at radius 2 is 1.87 bits per heavy atom. The van der Waals surface area contributed by atoms with Crippen molar-refractivity contribution in [1.29, 1.82) is 0 Å². The summed E-state index contributed by atoms with van der Waals surface area (Å²) in [7, 11) is 1.77. The Balaban J connectivity index is 1.37. The van der Waals surface area contributed by atoms with E-state index in [-0.39, 0.29) is 12.1 Å². The van der Waals surface area contributed by atoms with Crippen molar-refractivity contribution in [1.82, 2.24) is 20.0 Å². The van der Waals surface area contributed by atoms with Crippen molar-refractivity contribution in [2.75, 3.05) is 26.8 Å². The molecule has 1 N–H and O–H groups in total. The lowest BCUT2D eigenvalue weighted by molar-refractivity contribution is 0.0624. The van der Waals surface area contributed by atoms with Crippen LogP contribution in [0.5, 0.6) is 5.75 Å². The molecule has 7 heteroatoms. The van der Waals surface area contributed by atoms with Gasteiger partial charge in [-0.1, -0.05) is 13.0 Å². The molecule has 0 spiro atoms. The van der Waals surface area contributed by atoms with Gasteiger partial charge >= 0.3 is 6.03 Å². The number of carbonyl (C=O) groups excluding carboxylic acids is 1. The zero-order valence-electron chi connectivity index (χ0n) is 19.1. The summed E-state index contributed by atoms with van der Waals surface area (Å²) in [5.41, 5.74) is 2.35. The molecule has 1 saturated carbocycles. The van der Waals surface area contributed by atoms with E-state index in [1.807, 2.05) is 18.0 Å². The van der Waals surface area contributed by atoms with Crippen LogP contribution in [0, 0.1) is 0 Å². The zero-order valence-corrected chi connectivity index (χ0v) is 19.1. The first-order valence-corrected chi connectivity index (χ1v) is 11.8. The van der Waals surface area contributed by atoms with Gasteiger partial charge in [0.1, 0.15) is 5.75 Å². The van der Waals surface area contributed by atoms with Gasteiger partial charge in [0.15, 0.2) is 0 Å². The molecule has 2 aliphatic rings. The van der Waals surface area contributed by atoms with Crippen LogP contribution in [-0.2, 0) is 11.2 Å². The number of ether oxygens (including phenoxy) is 2. The fourth-order valence-corrected chi connectivity index (χ4v) is 5.05. The van der Waals surface area contributed by atoms with Crippen molar-refractivity contribution in [2.45, 2.75) is 77.0 Å². The van der Waals surface area contributed by atoms with E-state index >= 15 is 0 Å². The number of rotatable bonds is 6. The fraction of sp³-hybridized carbons (Fsp3) is 0.667. The molecule has 2 fully saturated rings. The van der Waals surface area contributed by atoms with Gasteiger partial charge in [-0.15, -0.1) is 0 Å². The number of fused-ring (bicyclic) bond motifs is 1. The molecular formula is C24H36N4O3. The second-order valence-electron chi connectivity index (χ2n) is 8.74. The number of aryl methyl sites for hydroxylation is 1. The molecule has 1 aliphatic heterocycles. The van der Waals surface area contributed by atoms with Crippen LogP contribution in [0.2, 0.25) is 0 Å². The molecular weight excluding hydrogens is 392 g/mol. The molecule has 31 heavy (non-hydrogen) atoms. The van der Waals surface area contributed by atoms with Crippen molar-refractivity contribution >= 4 is 16.9 Å². The van der Waals surface area contributed by atoms with Gasteiger partial charge in [-0.25, -0.2) is 4.79 Å². The first-order valence-electron chi connectivity index (χ1n) is 11.8. The van der Waals surface area contributed by atoms with Gasteiger partial charge in [0.2, 0.25) is 0 Å². The van der Waals surface area contributed by atoms with Crippen molar-refractivity contribution in [2.24, 2.45) is 0 Å². The van der Waals surface area contributed by atoms with E-state index in [4.69, 9.17) is 14.6 Å². The molecule has 170 valence electrons. The van der Waals surface area contributed by atoms with Gasteiger partial charge in [-0.2, -0.15) is 5.10 Å². The summed E-state index contributed by atoms with van der Waals surface area (Å²) >= 11 is 0. The number of benzene rings is 1. The molecule has 2 aromatic rings. The first-order chi connectivity index (χ1) is 15.1. The molecule has 2 heterocycles. The second kappa shape index (κ2) is 9.90. The lowest BCUT2D eigenvalue weighted by Gasteiger charge is -2.35. The minimum atomic E-state index is 0.0795. The van der Waals surface area contributed by atoms with E-state index in [0.29, 0.717) is 18.8 Å². The van der Waals surface area contributed by atoms with Crippen LogP contribution >= 0.6 is 0 Å². The van der Waals surface area contributed by atoms with Crippen molar-refractivity contribution in [3.05, 3.63) is 23.9 Å². The predicted octanol–water partition coefficient (Wildman–Crippen LogP) is 4.30. The lowest BCUT2D eigenvalue weighted by Crippen LogP contribution is -2.49. The molecule has 0 unspecified atom stereocenters. The monoisotopic (exact) mass is 428 g/mol. The smallest absolute Gasteiger partial charge is 0.317 e. The Morgan fingerprint density at radius 1 is 1.13 bits per heavy atom. The minimum Gasteiger partial charge on any atom is -0.493 e. The van der Waals surface area contributed by atoms with Gasteiger partial charge in [0.05, 0.1) is 35.9 Å². The third-order valence-corrected chi connectivity index (χ3v) is 6.91. The Kier molecular flexibility index (Phi) is 7.00. The highest BCUT2D eigenvalue weighted by molar-refractivity contribution is 5.87. The van der Waals surface area contributed by atoms with Gasteiger partial charge in [0, 0.05) is 26.2 Å². The van der Waals surface area contributed by atoms with Crippen molar-refractivity contribution < 1.29 is 14.3 Å². The Hall–Kier alpha value is -2.28. The van der Waals surface area contributed by atoms with Crippen LogP contribution in [0.1, 0.15) is 64.0 Å². The number of likely N-dealkylation sites (tertiary alicyclic amines) is 1. The number of hydrogen-bond acceptors (Lipinski definition) is 4. The summed E-state index contributed by atoms with van der Waals surface area (Å²) in [4.78, 5) is 14.7. The molecule has 0 radical (unpaired) electrons. The van der Waals surface area contributed by atoms with Gasteiger partial charge in [0.25, 0.3) is 0 Å². The maximum absolute atomic E-state index is 12.8. The topological polar surface area (TPSA) is 68.6 Å². The number of nitrogens with zero attached hydrogens (tertiary/aromatic N) is 3. The number of urea groups is 1. The van der Waals surface area contributed by atoms with Crippen LogP contribution in [-0.4, -0.2) is 59.7 Å². The van der Waals surface area contributed by atoms with Crippen molar-refractivity contribution in [3.8, 4) is 5.75 Å². The maximum atomic E-state index is 12.8. The number of carbonyl (C=O) groups is 1. The molecule has 1 saturated heterocycles. The maximum Gasteiger partial charge on any atom is 0.317 e. The number of aromatic nitrogens is 2. The second-order valence-corrected chi connectivity index (χ2v) is 8.74. The molecule has 0 bridgehead atoms. The SMILES string of the molecule is CCOc1c(CC)ccc2c1cnn2C1CCN(C(=O)N[C@H]2CC[C@H](OC)CC2)CC1. The summed E-state index contributed by atoms with van der Waals surface area (Å²) in [5, 5.41) is 9.05.